The van der Waals surface area contributed by atoms with Crippen molar-refractivity contribution < 1.29 is 13.2 Å². The minimum atomic E-state index is -4.30. The van der Waals surface area contributed by atoms with E-state index in [1.165, 1.54) is 17.7 Å². The molecule has 0 saturated heterocycles. The summed E-state index contributed by atoms with van der Waals surface area (Å²) in [5.74, 6) is 0. The number of halogens is 3. The van der Waals surface area contributed by atoms with Crippen molar-refractivity contribution in [3.8, 4) is 11.1 Å². The minimum Gasteiger partial charge on any atom is -0.312 e. The molecule has 0 saturated carbocycles. The van der Waals surface area contributed by atoms with Gasteiger partial charge >= 0.3 is 6.18 Å². The van der Waals surface area contributed by atoms with E-state index < -0.39 is 11.7 Å². The van der Waals surface area contributed by atoms with Gasteiger partial charge in [0.1, 0.15) is 0 Å². The minimum absolute atomic E-state index is 0.601. The molecule has 1 nitrogen and oxygen atoms in total. The highest BCUT2D eigenvalue weighted by Crippen LogP contribution is 2.34. The molecule has 2 aromatic rings. The summed E-state index contributed by atoms with van der Waals surface area (Å²) in [6.45, 7) is 1.63. The van der Waals surface area contributed by atoms with E-state index in [1.54, 1.807) is 6.07 Å². The van der Waals surface area contributed by atoms with Crippen molar-refractivity contribution in [3.05, 3.63) is 59.2 Å². The maximum atomic E-state index is 12.8. The Bertz CT molecular complexity index is 632. The first kappa shape index (κ1) is 13.2. The lowest BCUT2D eigenvalue weighted by molar-refractivity contribution is -0.137. The van der Waals surface area contributed by atoms with Crippen molar-refractivity contribution in [1.82, 2.24) is 5.32 Å². The van der Waals surface area contributed by atoms with Gasteiger partial charge in [0.05, 0.1) is 5.56 Å². The van der Waals surface area contributed by atoms with Crippen LogP contribution in [0.2, 0.25) is 0 Å². The highest BCUT2D eigenvalue weighted by Gasteiger charge is 2.30. The van der Waals surface area contributed by atoms with E-state index in [1.807, 2.05) is 18.2 Å². The molecule has 0 spiro atoms. The molecule has 0 aliphatic carbocycles. The molecule has 0 bridgehead atoms. The molecule has 0 atom stereocenters. The van der Waals surface area contributed by atoms with Gasteiger partial charge in [0.25, 0.3) is 0 Å². The first-order valence-electron chi connectivity index (χ1n) is 6.55. The zero-order valence-corrected chi connectivity index (χ0v) is 10.8. The molecule has 0 unspecified atom stereocenters. The Hall–Kier alpha value is -1.81. The Morgan fingerprint density at radius 2 is 1.80 bits per heavy atom. The summed E-state index contributed by atoms with van der Waals surface area (Å²) >= 11 is 0. The number of hydrogen-bond donors (Lipinski definition) is 1. The van der Waals surface area contributed by atoms with Gasteiger partial charge in [-0.3, -0.25) is 0 Å². The van der Waals surface area contributed by atoms with Crippen LogP contribution >= 0.6 is 0 Å². The van der Waals surface area contributed by atoms with Crippen molar-refractivity contribution in [2.24, 2.45) is 0 Å². The van der Waals surface area contributed by atoms with Crippen LogP contribution in [0.25, 0.3) is 11.1 Å². The molecular formula is C16H14F3N. The fourth-order valence-electron chi connectivity index (χ4n) is 2.65. The second kappa shape index (κ2) is 4.94. The Balaban J connectivity index is 2.10. The maximum Gasteiger partial charge on any atom is 0.416 e. The third-order valence-corrected chi connectivity index (χ3v) is 3.65. The molecule has 0 fully saturated rings. The Morgan fingerprint density at radius 1 is 1.00 bits per heavy atom. The molecule has 1 heterocycles. The van der Waals surface area contributed by atoms with E-state index in [-0.39, 0.29) is 0 Å². The predicted octanol–water partition coefficient (Wildman–Crippen LogP) is 4.02. The normalized spacial score (nSPS) is 14.9. The third-order valence-electron chi connectivity index (χ3n) is 3.65. The Morgan fingerprint density at radius 3 is 2.60 bits per heavy atom. The van der Waals surface area contributed by atoms with Crippen LogP contribution in [0.4, 0.5) is 13.2 Å². The van der Waals surface area contributed by atoms with Crippen molar-refractivity contribution in [1.29, 1.82) is 0 Å². The molecule has 20 heavy (non-hydrogen) atoms. The van der Waals surface area contributed by atoms with Gasteiger partial charge in [-0.15, -0.1) is 0 Å². The summed E-state index contributed by atoms with van der Waals surface area (Å²) in [6, 6.07) is 11.4. The van der Waals surface area contributed by atoms with E-state index in [9.17, 15) is 13.2 Å². The zero-order chi connectivity index (χ0) is 14.2. The number of nitrogens with one attached hydrogen (secondary N) is 1. The number of fused-ring (bicyclic) bond motifs is 1. The summed E-state index contributed by atoms with van der Waals surface area (Å²) in [4.78, 5) is 0. The van der Waals surface area contributed by atoms with Gasteiger partial charge in [-0.2, -0.15) is 13.2 Å². The van der Waals surface area contributed by atoms with Crippen molar-refractivity contribution in [2.75, 3.05) is 6.54 Å². The topological polar surface area (TPSA) is 12.0 Å². The van der Waals surface area contributed by atoms with Gasteiger partial charge in [-0.05, 0) is 47.4 Å². The van der Waals surface area contributed by atoms with Crippen molar-refractivity contribution in [2.45, 2.75) is 19.1 Å². The fraction of sp³-hybridized carbons (Fsp3) is 0.250. The van der Waals surface area contributed by atoms with Crippen LogP contribution in [-0.2, 0) is 19.1 Å². The lowest BCUT2D eigenvalue weighted by Gasteiger charge is -2.21. The first-order valence-corrected chi connectivity index (χ1v) is 6.55. The van der Waals surface area contributed by atoms with Gasteiger partial charge in [-0.1, -0.05) is 30.3 Å². The van der Waals surface area contributed by atoms with Gasteiger partial charge < -0.3 is 5.32 Å². The van der Waals surface area contributed by atoms with Crippen molar-refractivity contribution in [3.63, 3.8) is 0 Å². The second-order valence-electron chi connectivity index (χ2n) is 4.95. The number of hydrogen-bond acceptors (Lipinski definition) is 1. The quantitative estimate of drug-likeness (QED) is 0.830. The smallest absolute Gasteiger partial charge is 0.312 e. The van der Waals surface area contributed by atoms with Crippen molar-refractivity contribution >= 4 is 0 Å². The van der Waals surface area contributed by atoms with Crippen LogP contribution in [0.3, 0.4) is 0 Å². The summed E-state index contributed by atoms with van der Waals surface area (Å²) in [5.41, 5.74) is 3.24. The monoisotopic (exact) mass is 277 g/mol. The van der Waals surface area contributed by atoms with Gasteiger partial charge in [0, 0.05) is 6.54 Å². The molecule has 104 valence electrons. The molecule has 0 amide bonds. The zero-order valence-electron chi connectivity index (χ0n) is 10.8. The molecule has 3 rings (SSSR count). The molecule has 0 aromatic heterocycles. The predicted molar refractivity (Wildman–Crippen MR) is 72.3 cm³/mol. The standard InChI is InChI=1S/C16H14F3N/c17-16(18,19)13-5-1-4-12(9-13)14-6-2-3-11-7-8-20-10-15(11)14/h1-6,9,20H,7-8,10H2. The van der Waals surface area contributed by atoms with Gasteiger partial charge in [-0.25, -0.2) is 0 Å². The van der Waals surface area contributed by atoms with Crippen LogP contribution in [0.15, 0.2) is 42.5 Å². The first-order chi connectivity index (χ1) is 9.55. The van der Waals surface area contributed by atoms with Crippen LogP contribution < -0.4 is 5.32 Å². The molecule has 0 radical (unpaired) electrons. The largest absolute Gasteiger partial charge is 0.416 e. The Kier molecular flexibility index (Phi) is 3.26. The van der Waals surface area contributed by atoms with E-state index >= 15 is 0 Å². The van der Waals surface area contributed by atoms with E-state index in [4.69, 9.17) is 0 Å². The number of benzene rings is 2. The molecule has 1 aliphatic rings. The molecule has 4 heteroatoms. The number of alkyl halides is 3. The molecule has 1 N–H and O–H groups in total. The van der Waals surface area contributed by atoms with Gasteiger partial charge in [0.15, 0.2) is 0 Å². The molecule has 1 aliphatic heterocycles. The van der Waals surface area contributed by atoms with Crippen LogP contribution in [0.1, 0.15) is 16.7 Å². The third kappa shape index (κ3) is 2.43. The van der Waals surface area contributed by atoms with Crippen LogP contribution in [0, 0.1) is 0 Å². The maximum absolute atomic E-state index is 12.8. The van der Waals surface area contributed by atoms with E-state index in [0.717, 1.165) is 30.2 Å². The summed E-state index contributed by atoms with van der Waals surface area (Å²) in [6.07, 6.45) is -3.38. The average Bonchev–Trinajstić information content (AvgIpc) is 2.46. The average molecular weight is 277 g/mol. The second-order valence-corrected chi connectivity index (χ2v) is 4.95. The lowest BCUT2D eigenvalue weighted by atomic mass is 9.91. The van der Waals surface area contributed by atoms with Crippen LogP contribution in [-0.4, -0.2) is 6.54 Å². The lowest BCUT2D eigenvalue weighted by Crippen LogP contribution is -2.24. The van der Waals surface area contributed by atoms with Crippen LogP contribution in [0.5, 0.6) is 0 Å². The summed E-state index contributed by atoms with van der Waals surface area (Å²) in [5, 5.41) is 3.27. The summed E-state index contributed by atoms with van der Waals surface area (Å²) in [7, 11) is 0. The molecule has 2 aromatic carbocycles. The highest BCUT2D eigenvalue weighted by atomic mass is 19.4. The number of rotatable bonds is 1. The molecular weight excluding hydrogens is 263 g/mol. The van der Waals surface area contributed by atoms with Gasteiger partial charge in [0.2, 0.25) is 0 Å². The van der Waals surface area contributed by atoms with E-state index in [0.29, 0.717) is 12.1 Å². The SMILES string of the molecule is FC(F)(F)c1cccc(-c2cccc3c2CNCC3)c1. The summed E-state index contributed by atoms with van der Waals surface area (Å²) < 4.78 is 38.4. The fourth-order valence-corrected chi connectivity index (χ4v) is 2.65. The van der Waals surface area contributed by atoms with E-state index in [2.05, 4.69) is 5.32 Å². The Labute approximate surface area is 115 Å². The highest BCUT2D eigenvalue weighted by molar-refractivity contribution is 5.69.